The number of para-hydroxylation sites is 1. The first-order chi connectivity index (χ1) is 9.75. The molecular weight excluding hydrogens is 259 g/mol. The number of nitrogens with zero attached hydrogens (tertiary/aromatic N) is 3. The quantitative estimate of drug-likeness (QED) is 0.903. The number of carbonyl (C=O) groups excluding carboxylic acids is 1. The predicted molar refractivity (Wildman–Crippen MR) is 73.1 cm³/mol. The van der Waals surface area contributed by atoms with E-state index in [0.717, 1.165) is 0 Å². The second-order valence-corrected chi connectivity index (χ2v) is 4.70. The number of benzene rings is 1. The zero-order chi connectivity index (χ0) is 13.9. The van der Waals surface area contributed by atoms with Crippen LogP contribution in [0.5, 0.6) is 0 Å². The first-order valence-corrected chi connectivity index (χ1v) is 6.54. The van der Waals surface area contributed by atoms with Gasteiger partial charge in [0.05, 0.1) is 5.69 Å². The van der Waals surface area contributed by atoms with Crippen LogP contribution in [0.15, 0.2) is 36.5 Å². The van der Waals surface area contributed by atoms with Crippen LogP contribution in [0.1, 0.15) is 10.5 Å². The maximum absolute atomic E-state index is 13.7. The van der Waals surface area contributed by atoms with Crippen LogP contribution in [-0.2, 0) is 0 Å². The Morgan fingerprint density at radius 1 is 1.15 bits per heavy atom. The largest absolute Gasteiger partial charge is 0.366 e. The molecule has 2 aromatic rings. The number of aromatic amines is 1. The Bertz CT molecular complexity index is 591. The normalized spacial score (nSPS) is 15.4. The fourth-order valence-electron chi connectivity index (χ4n) is 2.40. The molecule has 3 rings (SSSR count). The third kappa shape index (κ3) is 2.36. The first kappa shape index (κ1) is 12.7. The Balaban J connectivity index is 1.65. The number of carbonyl (C=O) groups is 1. The van der Waals surface area contributed by atoms with Gasteiger partial charge in [-0.25, -0.2) is 4.39 Å². The van der Waals surface area contributed by atoms with Gasteiger partial charge < -0.3 is 9.80 Å². The molecule has 0 radical (unpaired) electrons. The van der Waals surface area contributed by atoms with E-state index in [9.17, 15) is 9.18 Å². The van der Waals surface area contributed by atoms with Crippen molar-refractivity contribution in [2.45, 2.75) is 0 Å². The molecule has 2 heterocycles. The zero-order valence-corrected chi connectivity index (χ0v) is 10.9. The molecule has 0 spiro atoms. The maximum Gasteiger partial charge on any atom is 0.271 e. The van der Waals surface area contributed by atoms with Gasteiger partial charge in [0.2, 0.25) is 0 Å². The van der Waals surface area contributed by atoms with Gasteiger partial charge in [0, 0.05) is 32.4 Å². The number of halogens is 1. The molecular formula is C14H15FN4O. The van der Waals surface area contributed by atoms with Gasteiger partial charge in [-0.3, -0.25) is 9.89 Å². The van der Waals surface area contributed by atoms with Crippen molar-refractivity contribution in [1.82, 2.24) is 15.1 Å². The van der Waals surface area contributed by atoms with E-state index >= 15 is 0 Å². The van der Waals surface area contributed by atoms with Gasteiger partial charge in [-0.2, -0.15) is 5.10 Å². The Hall–Kier alpha value is -2.37. The van der Waals surface area contributed by atoms with Crippen molar-refractivity contribution < 1.29 is 9.18 Å². The molecule has 0 saturated carbocycles. The van der Waals surface area contributed by atoms with Gasteiger partial charge in [-0.1, -0.05) is 12.1 Å². The van der Waals surface area contributed by atoms with E-state index in [0.29, 0.717) is 37.6 Å². The summed E-state index contributed by atoms with van der Waals surface area (Å²) in [5.74, 6) is -0.281. The molecule has 1 amide bonds. The maximum atomic E-state index is 13.7. The average molecular weight is 274 g/mol. The summed E-state index contributed by atoms with van der Waals surface area (Å²) in [5, 5.41) is 6.45. The fourth-order valence-corrected chi connectivity index (χ4v) is 2.40. The SMILES string of the molecule is O=C(c1ccn[nH]1)N1CCN(c2ccccc2F)CC1. The number of H-pyrrole nitrogens is 1. The monoisotopic (exact) mass is 274 g/mol. The lowest BCUT2D eigenvalue weighted by Crippen LogP contribution is -2.49. The molecule has 6 heteroatoms. The van der Waals surface area contributed by atoms with E-state index in [1.165, 1.54) is 6.07 Å². The van der Waals surface area contributed by atoms with Crippen molar-refractivity contribution >= 4 is 11.6 Å². The highest BCUT2D eigenvalue weighted by molar-refractivity contribution is 5.92. The minimum absolute atomic E-state index is 0.0596. The number of aromatic nitrogens is 2. The number of anilines is 1. The summed E-state index contributed by atoms with van der Waals surface area (Å²) in [5.41, 5.74) is 1.09. The van der Waals surface area contributed by atoms with E-state index in [2.05, 4.69) is 10.2 Å². The molecule has 0 aliphatic carbocycles. The van der Waals surface area contributed by atoms with Gasteiger partial charge in [0.15, 0.2) is 0 Å². The molecule has 1 aliphatic heterocycles. The van der Waals surface area contributed by atoms with E-state index in [4.69, 9.17) is 0 Å². The van der Waals surface area contributed by atoms with Gasteiger partial charge in [0.1, 0.15) is 11.5 Å². The number of piperazine rings is 1. The van der Waals surface area contributed by atoms with Crippen LogP contribution in [-0.4, -0.2) is 47.2 Å². The molecule has 0 unspecified atom stereocenters. The minimum atomic E-state index is -0.221. The molecule has 1 aromatic carbocycles. The van der Waals surface area contributed by atoms with Crippen molar-refractivity contribution in [1.29, 1.82) is 0 Å². The summed E-state index contributed by atoms with van der Waals surface area (Å²) in [7, 11) is 0. The summed E-state index contributed by atoms with van der Waals surface area (Å²) in [4.78, 5) is 15.9. The fraction of sp³-hybridized carbons (Fsp3) is 0.286. The summed E-state index contributed by atoms with van der Waals surface area (Å²) >= 11 is 0. The molecule has 0 bridgehead atoms. The van der Waals surface area contributed by atoms with Crippen molar-refractivity contribution in [3.05, 3.63) is 48.0 Å². The number of nitrogens with one attached hydrogen (secondary N) is 1. The van der Waals surface area contributed by atoms with Crippen LogP contribution < -0.4 is 4.90 Å². The van der Waals surface area contributed by atoms with Gasteiger partial charge in [-0.15, -0.1) is 0 Å². The molecule has 1 N–H and O–H groups in total. The standard InChI is InChI=1S/C14H15FN4O/c15-11-3-1-2-4-13(11)18-7-9-19(10-8-18)14(20)12-5-6-16-17-12/h1-6H,7-10H2,(H,16,17). The first-order valence-electron chi connectivity index (χ1n) is 6.54. The second-order valence-electron chi connectivity index (χ2n) is 4.70. The van der Waals surface area contributed by atoms with Gasteiger partial charge in [0.25, 0.3) is 5.91 Å². The second kappa shape index (κ2) is 5.32. The van der Waals surface area contributed by atoms with Crippen LogP contribution >= 0.6 is 0 Å². The zero-order valence-electron chi connectivity index (χ0n) is 10.9. The Kier molecular flexibility index (Phi) is 3.37. The van der Waals surface area contributed by atoms with Crippen LogP contribution in [0.4, 0.5) is 10.1 Å². The number of hydrogen-bond donors (Lipinski definition) is 1. The lowest BCUT2D eigenvalue weighted by Gasteiger charge is -2.36. The van der Waals surface area contributed by atoms with Gasteiger partial charge >= 0.3 is 0 Å². The topological polar surface area (TPSA) is 52.2 Å². The van der Waals surface area contributed by atoms with E-state index < -0.39 is 0 Å². The van der Waals surface area contributed by atoms with E-state index in [1.54, 1.807) is 29.3 Å². The molecule has 0 atom stereocenters. The van der Waals surface area contributed by atoms with Crippen molar-refractivity contribution in [2.24, 2.45) is 0 Å². The Labute approximate surface area is 116 Å². The lowest BCUT2D eigenvalue weighted by molar-refractivity contribution is 0.0740. The highest BCUT2D eigenvalue weighted by Crippen LogP contribution is 2.20. The van der Waals surface area contributed by atoms with E-state index in [1.807, 2.05) is 11.0 Å². The lowest BCUT2D eigenvalue weighted by atomic mass is 10.2. The van der Waals surface area contributed by atoms with Crippen LogP contribution in [0, 0.1) is 5.82 Å². The smallest absolute Gasteiger partial charge is 0.271 e. The molecule has 1 aliphatic rings. The third-order valence-corrected chi connectivity index (χ3v) is 3.49. The molecule has 104 valence electrons. The highest BCUT2D eigenvalue weighted by atomic mass is 19.1. The number of rotatable bonds is 2. The van der Waals surface area contributed by atoms with Crippen molar-refractivity contribution in [3.8, 4) is 0 Å². The molecule has 1 saturated heterocycles. The summed E-state index contributed by atoms with van der Waals surface area (Å²) in [6.45, 7) is 2.40. The van der Waals surface area contributed by atoms with Crippen LogP contribution in [0.2, 0.25) is 0 Å². The van der Waals surface area contributed by atoms with E-state index in [-0.39, 0.29) is 11.7 Å². The summed E-state index contributed by atoms with van der Waals surface area (Å²) < 4.78 is 13.7. The highest BCUT2D eigenvalue weighted by Gasteiger charge is 2.23. The summed E-state index contributed by atoms with van der Waals surface area (Å²) in [6.07, 6.45) is 1.56. The predicted octanol–water partition coefficient (Wildman–Crippen LogP) is 1.51. The molecule has 1 aromatic heterocycles. The molecule has 5 nitrogen and oxygen atoms in total. The van der Waals surface area contributed by atoms with Crippen LogP contribution in [0.25, 0.3) is 0 Å². The average Bonchev–Trinajstić information content (AvgIpc) is 3.01. The molecule has 20 heavy (non-hydrogen) atoms. The summed E-state index contributed by atoms with van der Waals surface area (Å²) in [6, 6.07) is 8.38. The minimum Gasteiger partial charge on any atom is -0.366 e. The van der Waals surface area contributed by atoms with Crippen LogP contribution in [0.3, 0.4) is 0 Å². The Morgan fingerprint density at radius 3 is 2.55 bits per heavy atom. The third-order valence-electron chi connectivity index (χ3n) is 3.49. The van der Waals surface area contributed by atoms with Crippen molar-refractivity contribution in [2.75, 3.05) is 31.1 Å². The van der Waals surface area contributed by atoms with Gasteiger partial charge in [-0.05, 0) is 18.2 Å². The Morgan fingerprint density at radius 2 is 1.90 bits per heavy atom. The number of amides is 1. The number of hydrogen-bond acceptors (Lipinski definition) is 3. The van der Waals surface area contributed by atoms with Crippen molar-refractivity contribution in [3.63, 3.8) is 0 Å². The molecule has 1 fully saturated rings.